The minimum Gasteiger partial charge on any atom is -0.390 e. The van der Waals surface area contributed by atoms with Gasteiger partial charge in [-0.3, -0.25) is 0 Å². The van der Waals surface area contributed by atoms with Gasteiger partial charge in [0, 0.05) is 0 Å². The third-order valence-corrected chi connectivity index (χ3v) is 1.81. The second-order valence-electron chi connectivity index (χ2n) is 3.94. The molecule has 0 heterocycles. The van der Waals surface area contributed by atoms with Crippen molar-refractivity contribution in [3.63, 3.8) is 0 Å². The highest BCUT2D eigenvalue weighted by Gasteiger charge is 2.10. The van der Waals surface area contributed by atoms with Crippen molar-refractivity contribution in [1.82, 2.24) is 0 Å². The Morgan fingerprint density at radius 1 is 1.17 bits per heavy atom. The Labute approximate surface area is 76.5 Å². The van der Waals surface area contributed by atoms with Crippen molar-refractivity contribution in [3.8, 4) is 0 Å². The van der Waals surface area contributed by atoms with E-state index in [2.05, 4.69) is 19.1 Å². The second-order valence-corrected chi connectivity index (χ2v) is 3.94. The first-order valence-corrected chi connectivity index (χ1v) is 4.93. The molecule has 0 rings (SSSR count). The maximum atomic E-state index is 9.40. The second kappa shape index (κ2) is 6.24. The maximum Gasteiger partial charge on any atom is 0.0591 e. The van der Waals surface area contributed by atoms with Crippen LogP contribution in [0.2, 0.25) is 0 Å². The number of allylic oxidation sites excluding steroid dienone is 2. The molecule has 0 aliphatic carbocycles. The Balaban J connectivity index is 3.17. The zero-order valence-electron chi connectivity index (χ0n) is 8.64. The summed E-state index contributed by atoms with van der Waals surface area (Å²) in [6.45, 7) is 5.89. The van der Waals surface area contributed by atoms with Gasteiger partial charge in [0.2, 0.25) is 0 Å². The van der Waals surface area contributed by atoms with Gasteiger partial charge >= 0.3 is 0 Å². The van der Waals surface area contributed by atoms with Gasteiger partial charge in [0.1, 0.15) is 0 Å². The summed E-state index contributed by atoms with van der Waals surface area (Å²) in [6.07, 6.45) is 9.94. The van der Waals surface area contributed by atoms with E-state index in [-0.39, 0.29) is 0 Å². The first kappa shape index (κ1) is 11.7. The van der Waals surface area contributed by atoms with Crippen molar-refractivity contribution in [2.24, 2.45) is 0 Å². The molecule has 0 amide bonds. The van der Waals surface area contributed by atoms with Crippen LogP contribution in [0.15, 0.2) is 12.2 Å². The van der Waals surface area contributed by atoms with Gasteiger partial charge in [-0.05, 0) is 39.5 Å². The monoisotopic (exact) mass is 170 g/mol. The van der Waals surface area contributed by atoms with Crippen LogP contribution in [0.4, 0.5) is 0 Å². The lowest BCUT2D eigenvalue weighted by Crippen LogP contribution is -2.17. The molecular formula is C11H22O. The molecule has 0 aromatic rings. The van der Waals surface area contributed by atoms with Crippen LogP contribution in [-0.2, 0) is 0 Å². The average Bonchev–Trinajstić information content (AvgIpc) is 1.94. The Morgan fingerprint density at radius 3 is 2.33 bits per heavy atom. The molecule has 0 aliphatic rings. The molecule has 0 spiro atoms. The van der Waals surface area contributed by atoms with Crippen LogP contribution in [0.5, 0.6) is 0 Å². The van der Waals surface area contributed by atoms with E-state index in [9.17, 15) is 5.11 Å². The van der Waals surface area contributed by atoms with E-state index in [0.717, 1.165) is 25.7 Å². The molecule has 0 bridgehead atoms. The molecule has 0 saturated carbocycles. The van der Waals surface area contributed by atoms with Gasteiger partial charge in [0.15, 0.2) is 0 Å². The summed E-state index contributed by atoms with van der Waals surface area (Å²) >= 11 is 0. The quantitative estimate of drug-likeness (QED) is 0.479. The Hall–Kier alpha value is -0.300. The van der Waals surface area contributed by atoms with Crippen LogP contribution >= 0.6 is 0 Å². The van der Waals surface area contributed by atoms with Crippen molar-refractivity contribution in [2.75, 3.05) is 0 Å². The lowest BCUT2D eigenvalue weighted by molar-refractivity contribution is 0.0683. The maximum absolute atomic E-state index is 9.40. The van der Waals surface area contributed by atoms with Gasteiger partial charge in [-0.25, -0.2) is 0 Å². The highest BCUT2D eigenvalue weighted by molar-refractivity contribution is 4.80. The molecule has 1 N–H and O–H groups in total. The van der Waals surface area contributed by atoms with E-state index in [1.54, 1.807) is 0 Å². The minimum absolute atomic E-state index is 0.478. The van der Waals surface area contributed by atoms with E-state index in [4.69, 9.17) is 0 Å². The highest BCUT2D eigenvalue weighted by Crippen LogP contribution is 2.13. The Kier molecular flexibility index (Phi) is 6.09. The molecule has 0 saturated heterocycles. The largest absolute Gasteiger partial charge is 0.390 e. The molecule has 0 aromatic heterocycles. The van der Waals surface area contributed by atoms with Crippen LogP contribution in [0.1, 0.15) is 52.9 Å². The van der Waals surface area contributed by atoms with Crippen LogP contribution < -0.4 is 0 Å². The van der Waals surface area contributed by atoms with Crippen molar-refractivity contribution >= 4 is 0 Å². The summed E-state index contributed by atoms with van der Waals surface area (Å²) in [5.74, 6) is 0. The molecule has 12 heavy (non-hydrogen) atoms. The third-order valence-electron chi connectivity index (χ3n) is 1.81. The van der Waals surface area contributed by atoms with Gasteiger partial charge in [-0.1, -0.05) is 25.5 Å². The lowest BCUT2D eigenvalue weighted by Gasteiger charge is -2.15. The topological polar surface area (TPSA) is 20.2 Å². The number of rotatable bonds is 6. The normalized spacial score (nSPS) is 12.7. The first-order valence-electron chi connectivity index (χ1n) is 4.93. The fraction of sp³-hybridized carbons (Fsp3) is 0.818. The van der Waals surface area contributed by atoms with E-state index in [1.807, 2.05) is 13.8 Å². The number of hydrogen-bond donors (Lipinski definition) is 1. The summed E-state index contributed by atoms with van der Waals surface area (Å²) < 4.78 is 0. The van der Waals surface area contributed by atoms with Crippen LogP contribution in [0.25, 0.3) is 0 Å². The first-order chi connectivity index (χ1) is 5.56. The van der Waals surface area contributed by atoms with Gasteiger partial charge in [0.25, 0.3) is 0 Å². The molecule has 0 aromatic carbocycles. The van der Waals surface area contributed by atoms with E-state index >= 15 is 0 Å². The van der Waals surface area contributed by atoms with Crippen LogP contribution in [0, 0.1) is 0 Å². The fourth-order valence-corrected chi connectivity index (χ4v) is 1.10. The SMILES string of the molecule is CC/C=C/CCCCC(C)(C)O. The molecule has 0 unspecified atom stereocenters. The predicted molar refractivity (Wildman–Crippen MR) is 54.2 cm³/mol. The molecule has 72 valence electrons. The van der Waals surface area contributed by atoms with Gasteiger partial charge in [0.05, 0.1) is 5.60 Å². The molecule has 0 radical (unpaired) electrons. The van der Waals surface area contributed by atoms with E-state index in [1.165, 1.54) is 6.42 Å². The van der Waals surface area contributed by atoms with Crippen molar-refractivity contribution in [1.29, 1.82) is 0 Å². The summed E-state index contributed by atoms with van der Waals surface area (Å²) in [7, 11) is 0. The predicted octanol–water partition coefficient (Wildman–Crippen LogP) is 3.28. The standard InChI is InChI=1S/C11H22O/c1-4-5-6-7-8-9-10-11(2,3)12/h5-6,12H,4,7-10H2,1-3H3/b6-5+. The fourth-order valence-electron chi connectivity index (χ4n) is 1.10. The van der Waals surface area contributed by atoms with Crippen LogP contribution in [-0.4, -0.2) is 10.7 Å². The van der Waals surface area contributed by atoms with Crippen molar-refractivity contribution < 1.29 is 5.11 Å². The van der Waals surface area contributed by atoms with Crippen LogP contribution in [0.3, 0.4) is 0 Å². The number of aliphatic hydroxyl groups is 1. The zero-order valence-corrected chi connectivity index (χ0v) is 8.64. The summed E-state index contributed by atoms with van der Waals surface area (Å²) in [5.41, 5.74) is -0.478. The van der Waals surface area contributed by atoms with Gasteiger partial charge < -0.3 is 5.11 Å². The molecule has 1 heteroatoms. The highest BCUT2D eigenvalue weighted by atomic mass is 16.3. The van der Waals surface area contributed by atoms with Crippen molar-refractivity contribution in [2.45, 2.75) is 58.5 Å². The van der Waals surface area contributed by atoms with Gasteiger partial charge in [-0.2, -0.15) is 0 Å². The molecular weight excluding hydrogens is 148 g/mol. The Bertz CT molecular complexity index is 119. The third kappa shape index (κ3) is 9.70. The van der Waals surface area contributed by atoms with Gasteiger partial charge in [-0.15, -0.1) is 0 Å². The lowest BCUT2D eigenvalue weighted by atomic mass is 10.0. The Morgan fingerprint density at radius 2 is 1.83 bits per heavy atom. The van der Waals surface area contributed by atoms with E-state index in [0.29, 0.717) is 0 Å². The number of unbranched alkanes of at least 4 members (excludes halogenated alkanes) is 2. The molecule has 0 fully saturated rings. The summed E-state index contributed by atoms with van der Waals surface area (Å²) in [4.78, 5) is 0. The zero-order chi connectivity index (χ0) is 9.45. The smallest absolute Gasteiger partial charge is 0.0591 e. The molecule has 1 nitrogen and oxygen atoms in total. The minimum atomic E-state index is -0.478. The number of hydrogen-bond acceptors (Lipinski definition) is 1. The molecule has 0 aliphatic heterocycles. The molecule has 0 atom stereocenters. The summed E-state index contributed by atoms with van der Waals surface area (Å²) in [6, 6.07) is 0. The summed E-state index contributed by atoms with van der Waals surface area (Å²) in [5, 5.41) is 9.40. The average molecular weight is 170 g/mol. The van der Waals surface area contributed by atoms with Crippen molar-refractivity contribution in [3.05, 3.63) is 12.2 Å². The van der Waals surface area contributed by atoms with E-state index < -0.39 is 5.60 Å².